The normalized spacial score (nSPS) is 13.4. The minimum atomic E-state index is -0.297. The molecule has 0 bridgehead atoms. The van der Waals surface area contributed by atoms with Gasteiger partial charge in [-0.3, -0.25) is 4.90 Å². The summed E-state index contributed by atoms with van der Waals surface area (Å²) >= 11 is 1.73. The number of aliphatic hydroxyl groups is 1. The Morgan fingerprint density at radius 1 is 1.28 bits per heavy atom. The van der Waals surface area contributed by atoms with Gasteiger partial charge < -0.3 is 10.0 Å². The van der Waals surface area contributed by atoms with Crippen LogP contribution in [0, 0.1) is 6.92 Å². The standard InChI is InChI=1S/C13H25N3OS/c1-9(2)16(7-10(3)17)8-12-11(4)14-13(18-12)15(5)6/h9-10,17H,7-8H2,1-6H3. The summed E-state index contributed by atoms with van der Waals surface area (Å²) in [5.41, 5.74) is 1.10. The zero-order valence-electron chi connectivity index (χ0n) is 12.3. The van der Waals surface area contributed by atoms with Gasteiger partial charge in [-0.15, -0.1) is 11.3 Å². The van der Waals surface area contributed by atoms with Crippen molar-refractivity contribution in [3.05, 3.63) is 10.6 Å². The molecule has 1 atom stereocenters. The summed E-state index contributed by atoms with van der Waals surface area (Å²) in [6.45, 7) is 9.77. The van der Waals surface area contributed by atoms with Gasteiger partial charge in [0.15, 0.2) is 5.13 Å². The van der Waals surface area contributed by atoms with Gasteiger partial charge in [-0.25, -0.2) is 4.98 Å². The summed E-state index contributed by atoms with van der Waals surface area (Å²) in [5, 5.41) is 10.6. The molecule has 4 nitrogen and oxygen atoms in total. The lowest BCUT2D eigenvalue weighted by molar-refractivity contribution is 0.103. The van der Waals surface area contributed by atoms with Crippen LogP contribution in [-0.2, 0) is 6.54 Å². The predicted octanol–water partition coefficient (Wildman–Crippen LogP) is 2.11. The van der Waals surface area contributed by atoms with Crippen molar-refractivity contribution in [2.75, 3.05) is 25.5 Å². The first-order valence-corrected chi connectivity index (χ1v) is 7.18. The van der Waals surface area contributed by atoms with E-state index in [1.807, 2.05) is 25.9 Å². The van der Waals surface area contributed by atoms with Crippen LogP contribution < -0.4 is 4.90 Å². The Morgan fingerprint density at radius 3 is 2.28 bits per heavy atom. The monoisotopic (exact) mass is 271 g/mol. The maximum Gasteiger partial charge on any atom is 0.185 e. The number of hydrogen-bond donors (Lipinski definition) is 1. The van der Waals surface area contributed by atoms with Gasteiger partial charge in [0, 0.05) is 38.1 Å². The van der Waals surface area contributed by atoms with Gasteiger partial charge in [-0.05, 0) is 27.7 Å². The van der Waals surface area contributed by atoms with E-state index < -0.39 is 0 Å². The van der Waals surface area contributed by atoms with Gasteiger partial charge in [0.1, 0.15) is 0 Å². The van der Waals surface area contributed by atoms with Crippen molar-refractivity contribution in [3.8, 4) is 0 Å². The lowest BCUT2D eigenvalue weighted by Crippen LogP contribution is -2.35. The van der Waals surface area contributed by atoms with E-state index in [4.69, 9.17) is 0 Å². The van der Waals surface area contributed by atoms with Crippen molar-refractivity contribution in [1.82, 2.24) is 9.88 Å². The molecular weight excluding hydrogens is 246 g/mol. The molecule has 5 heteroatoms. The molecule has 0 aliphatic rings. The highest BCUT2D eigenvalue weighted by Crippen LogP contribution is 2.26. The number of hydrogen-bond acceptors (Lipinski definition) is 5. The van der Waals surface area contributed by atoms with Crippen LogP contribution in [0.1, 0.15) is 31.3 Å². The van der Waals surface area contributed by atoms with Crippen molar-refractivity contribution >= 4 is 16.5 Å². The number of aryl methyl sites for hydroxylation is 1. The summed E-state index contributed by atoms with van der Waals surface area (Å²) in [6, 6.07) is 0.420. The van der Waals surface area contributed by atoms with E-state index in [0.29, 0.717) is 12.6 Å². The van der Waals surface area contributed by atoms with Crippen molar-refractivity contribution in [2.24, 2.45) is 0 Å². The molecule has 18 heavy (non-hydrogen) atoms. The van der Waals surface area contributed by atoms with Crippen LogP contribution in [0.15, 0.2) is 0 Å². The van der Waals surface area contributed by atoms with E-state index in [9.17, 15) is 5.11 Å². The average Bonchev–Trinajstić information content (AvgIpc) is 2.58. The van der Waals surface area contributed by atoms with Crippen molar-refractivity contribution in [3.63, 3.8) is 0 Å². The highest BCUT2D eigenvalue weighted by atomic mass is 32.1. The van der Waals surface area contributed by atoms with Crippen molar-refractivity contribution in [2.45, 2.75) is 46.4 Å². The predicted molar refractivity (Wildman–Crippen MR) is 78.4 cm³/mol. The van der Waals surface area contributed by atoms with Crippen LogP contribution in [0.3, 0.4) is 0 Å². The number of aliphatic hydroxyl groups excluding tert-OH is 1. The molecule has 0 saturated carbocycles. The van der Waals surface area contributed by atoms with E-state index in [0.717, 1.165) is 17.4 Å². The fourth-order valence-electron chi connectivity index (χ4n) is 1.73. The van der Waals surface area contributed by atoms with Crippen LogP contribution in [-0.4, -0.2) is 47.8 Å². The van der Waals surface area contributed by atoms with Gasteiger partial charge in [0.05, 0.1) is 11.8 Å². The number of rotatable bonds is 6. The van der Waals surface area contributed by atoms with E-state index in [-0.39, 0.29) is 6.10 Å². The Morgan fingerprint density at radius 2 is 1.89 bits per heavy atom. The minimum absolute atomic E-state index is 0.297. The zero-order valence-corrected chi connectivity index (χ0v) is 13.1. The lowest BCUT2D eigenvalue weighted by atomic mass is 10.2. The van der Waals surface area contributed by atoms with E-state index in [2.05, 4.69) is 30.7 Å². The SMILES string of the molecule is Cc1nc(N(C)C)sc1CN(CC(C)O)C(C)C. The van der Waals surface area contributed by atoms with Gasteiger partial charge in [-0.2, -0.15) is 0 Å². The highest BCUT2D eigenvalue weighted by Gasteiger charge is 2.16. The smallest absolute Gasteiger partial charge is 0.185 e. The van der Waals surface area contributed by atoms with E-state index >= 15 is 0 Å². The third kappa shape index (κ3) is 4.23. The molecule has 1 heterocycles. The molecule has 0 aliphatic carbocycles. The summed E-state index contributed by atoms with van der Waals surface area (Å²) < 4.78 is 0. The second kappa shape index (κ2) is 6.50. The quantitative estimate of drug-likeness (QED) is 0.860. The Bertz CT molecular complexity index is 374. The summed E-state index contributed by atoms with van der Waals surface area (Å²) in [6.07, 6.45) is -0.297. The van der Waals surface area contributed by atoms with Crippen LogP contribution in [0.2, 0.25) is 0 Å². The lowest BCUT2D eigenvalue weighted by Gasteiger charge is -2.27. The molecule has 0 aromatic carbocycles. The van der Waals surface area contributed by atoms with Crippen LogP contribution in [0.25, 0.3) is 0 Å². The molecule has 0 amide bonds. The molecule has 0 saturated heterocycles. The molecule has 104 valence electrons. The number of nitrogens with zero attached hydrogens (tertiary/aromatic N) is 3. The van der Waals surface area contributed by atoms with Gasteiger partial charge in [0.25, 0.3) is 0 Å². The van der Waals surface area contributed by atoms with E-state index in [1.165, 1.54) is 4.88 Å². The average molecular weight is 271 g/mol. The summed E-state index contributed by atoms with van der Waals surface area (Å²) in [5.74, 6) is 0. The third-order valence-corrected chi connectivity index (χ3v) is 4.15. The first-order valence-electron chi connectivity index (χ1n) is 6.37. The van der Waals surface area contributed by atoms with Crippen LogP contribution >= 0.6 is 11.3 Å². The second-order valence-electron chi connectivity index (χ2n) is 5.27. The molecule has 0 radical (unpaired) electrons. The van der Waals surface area contributed by atoms with Crippen LogP contribution in [0.5, 0.6) is 0 Å². The Hall–Kier alpha value is -0.650. The summed E-state index contributed by atoms with van der Waals surface area (Å²) in [7, 11) is 4.02. The molecule has 1 rings (SSSR count). The van der Waals surface area contributed by atoms with Crippen molar-refractivity contribution < 1.29 is 5.11 Å². The van der Waals surface area contributed by atoms with Gasteiger partial charge in [0.2, 0.25) is 0 Å². The topological polar surface area (TPSA) is 39.6 Å². The summed E-state index contributed by atoms with van der Waals surface area (Å²) in [4.78, 5) is 10.2. The number of aromatic nitrogens is 1. The van der Waals surface area contributed by atoms with Gasteiger partial charge >= 0.3 is 0 Å². The maximum absolute atomic E-state index is 9.55. The van der Waals surface area contributed by atoms with Crippen molar-refractivity contribution in [1.29, 1.82) is 0 Å². The Kier molecular flexibility index (Phi) is 5.56. The maximum atomic E-state index is 9.55. The van der Waals surface area contributed by atoms with E-state index in [1.54, 1.807) is 11.3 Å². The first-order chi connectivity index (χ1) is 8.31. The number of anilines is 1. The second-order valence-corrected chi connectivity index (χ2v) is 6.33. The molecule has 1 unspecified atom stereocenters. The molecule has 0 spiro atoms. The Labute approximate surface area is 114 Å². The molecule has 1 aromatic heterocycles. The highest BCUT2D eigenvalue weighted by molar-refractivity contribution is 7.15. The fraction of sp³-hybridized carbons (Fsp3) is 0.769. The van der Waals surface area contributed by atoms with Crippen LogP contribution in [0.4, 0.5) is 5.13 Å². The minimum Gasteiger partial charge on any atom is -0.392 e. The zero-order chi connectivity index (χ0) is 13.9. The Balaban J connectivity index is 2.80. The molecular formula is C13H25N3OS. The molecule has 1 N–H and O–H groups in total. The van der Waals surface area contributed by atoms with Gasteiger partial charge in [-0.1, -0.05) is 0 Å². The third-order valence-electron chi connectivity index (χ3n) is 2.84. The fourth-order valence-corrected chi connectivity index (χ4v) is 2.74. The number of thiazole rings is 1. The first kappa shape index (κ1) is 15.4. The molecule has 1 aromatic rings. The molecule has 0 fully saturated rings. The molecule has 0 aliphatic heterocycles. The largest absolute Gasteiger partial charge is 0.392 e.